The number of anilines is 2. The van der Waals surface area contributed by atoms with E-state index in [1.807, 2.05) is 30.3 Å². The zero-order valence-electron chi connectivity index (χ0n) is 13.1. The van der Waals surface area contributed by atoms with Crippen LogP contribution in [0.3, 0.4) is 0 Å². The molecule has 1 heterocycles. The number of pyridine rings is 1. The molecule has 3 nitrogen and oxygen atoms in total. The second-order valence-electron chi connectivity index (χ2n) is 6.04. The molecule has 1 N–H and O–H groups in total. The molecule has 0 saturated carbocycles. The Morgan fingerprint density at radius 1 is 1.04 bits per heavy atom. The van der Waals surface area contributed by atoms with Gasteiger partial charge in [0.15, 0.2) is 5.78 Å². The number of ketones is 1. The van der Waals surface area contributed by atoms with Crippen LogP contribution in [0.15, 0.2) is 48.5 Å². The van der Waals surface area contributed by atoms with Crippen molar-refractivity contribution < 1.29 is 4.79 Å². The first-order valence-electron chi connectivity index (χ1n) is 8.01. The minimum absolute atomic E-state index is 0.0896. The lowest BCUT2D eigenvalue weighted by atomic mass is 10.1. The van der Waals surface area contributed by atoms with E-state index < -0.39 is 0 Å². The molecule has 0 amide bonds. The van der Waals surface area contributed by atoms with E-state index in [0.29, 0.717) is 0 Å². The van der Waals surface area contributed by atoms with Gasteiger partial charge in [-0.3, -0.25) is 9.78 Å². The van der Waals surface area contributed by atoms with Crippen LogP contribution < -0.4 is 5.32 Å². The van der Waals surface area contributed by atoms with E-state index in [9.17, 15) is 4.79 Å². The molecule has 0 saturated heterocycles. The van der Waals surface area contributed by atoms with Gasteiger partial charge in [-0.05, 0) is 62.1 Å². The number of aryl methyl sites for hydroxylation is 1. The molecule has 0 spiro atoms. The molecule has 23 heavy (non-hydrogen) atoms. The quantitative estimate of drug-likeness (QED) is 0.715. The maximum atomic E-state index is 11.4. The number of para-hydroxylation sites is 1. The smallest absolute Gasteiger partial charge is 0.159 e. The van der Waals surface area contributed by atoms with Crippen LogP contribution in [0.5, 0.6) is 0 Å². The number of Topliss-reactive ketones (excluding diaryl/α,β-unsaturated/α-hetero) is 1. The number of hydrogen-bond acceptors (Lipinski definition) is 3. The zero-order chi connectivity index (χ0) is 15.8. The van der Waals surface area contributed by atoms with E-state index in [0.717, 1.165) is 41.4 Å². The van der Waals surface area contributed by atoms with E-state index in [-0.39, 0.29) is 5.78 Å². The van der Waals surface area contributed by atoms with Gasteiger partial charge in [0.1, 0.15) is 0 Å². The molecule has 1 aliphatic rings. The van der Waals surface area contributed by atoms with Crippen LogP contribution in [-0.2, 0) is 12.8 Å². The third-order valence-electron chi connectivity index (χ3n) is 4.48. The number of benzene rings is 2. The normalized spacial score (nSPS) is 13.1. The van der Waals surface area contributed by atoms with Gasteiger partial charge in [-0.2, -0.15) is 0 Å². The Labute approximate surface area is 135 Å². The SMILES string of the molecule is CC(=O)c1ccc(Nc2c3c(nc4ccccc24)CCC3)cc1. The van der Waals surface area contributed by atoms with Gasteiger partial charge in [0.05, 0.1) is 11.2 Å². The summed E-state index contributed by atoms with van der Waals surface area (Å²) >= 11 is 0. The largest absolute Gasteiger partial charge is 0.355 e. The van der Waals surface area contributed by atoms with Crippen LogP contribution in [0.4, 0.5) is 11.4 Å². The Morgan fingerprint density at radius 2 is 1.83 bits per heavy atom. The molecular weight excluding hydrogens is 284 g/mol. The minimum Gasteiger partial charge on any atom is -0.355 e. The first kappa shape index (κ1) is 13.9. The van der Waals surface area contributed by atoms with Crippen LogP contribution in [0, 0.1) is 0 Å². The Balaban J connectivity index is 1.80. The Morgan fingerprint density at radius 3 is 2.61 bits per heavy atom. The molecule has 0 unspecified atom stereocenters. The van der Waals surface area contributed by atoms with Gasteiger partial charge < -0.3 is 5.32 Å². The van der Waals surface area contributed by atoms with E-state index >= 15 is 0 Å². The fraction of sp³-hybridized carbons (Fsp3) is 0.200. The van der Waals surface area contributed by atoms with Gasteiger partial charge in [0.2, 0.25) is 0 Å². The molecule has 2 aromatic carbocycles. The van der Waals surface area contributed by atoms with Gasteiger partial charge >= 0.3 is 0 Å². The van der Waals surface area contributed by atoms with Crippen molar-refractivity contribution in [3.05, 3.63) is 65.4 Å². The van der Waals surface area contributed by atoms with Crippen LogP contribution >= 0.6 is 0 Å². The van der Waals surface area contributed by atoms with Gasteiger partial charge in [-0.1, -0.05) is 18.2 Å². The van der Waals surface area contributed by atoms with Crippen molar-refractivity contribution in [1.29, 1.82) is 0 Å². The van der Waals surface area contributed by atoms with E-state index in [2.05, 4.69) is 23.5 Å². The predicted molar refractivity (Wildman–Crippen MR) is 93.5 cm³/mol. The van der Waals surface area contributed by atoms with Crippen LogP contribution in [0.25, 0.3) is 10.9 Å². The van der Waals surface area contributed by atoms with Crippen molar-refractivity contribution in [3.63, 3.8) is 0 Å². The highest BCUT2D eigenvalue weighted by Gasteiger charge is 2.19. The van der Waals surface area contributed by atoms with E-state index in [4.69, 9.17) is 4.98 Å². The third kappa shape index (κ3) is 2.48. The van der Waals surface area contributed by atoms with Crippen molar-refractivity contribution >= 4 is 28.1 Å². The molecule has 114 valence electrons. The van der Waals surface area contributed by atoms with Gasteiger partial charge in [0.25, 0.3) is 0 Å². The number of nitrogens with one attached hydrogen (secondary N) is 1. The first-order valence-corrected chi connectivity index (χ1v) is 8.01. The number of rotatable bonds is 3. The summed E-state index contributed by atoms with van der Waals surface area (Å²) in [5.74, 6) is 0.0896. The van der Waals surface area contributed by atoms with Crippen LogP contribution in [-0.4, -0.2) is 10.8 Å². The first-order chi connectivity index (χ1) is 11.2. The van der Waals surface area contributed by atoms with Crippen molar-refractivity contribution in [2.75, 3.05) is 5.32 Å². The number of aromatic nitrogens is 1. The molecule has 1 aromatic heterocycles. The van der Waals surface area contributed by atoms with Gasteiger partial charge in [0, 0.05) is 22.3 Å². The molecule has 0 bridgehead atoms. The molecule has 0 radical (unpaired) electrons. The maximum absolute atomic E-state index is 11.4. The number of carbonyl (C=O) groups is 1. The lowest BCUT2D eigenvalue weighted by molar-refractivity contribution is 0.101. The second kappa shape index (κ2) is 5.51. The van der Waals surface area contributed by atoms with Crippen LogP contribution in [0.1, 0.15) is 35.0 Å². The molecule has 0 aliphatic heterocycles. The summed E-state index contributed by atoms with van der Waals surface area (Å²) in [5, 5.41) is 4.72. The number of nitrogens with zero attached hydrogens (tertiary/aromatic N) is 1. The third-order valence-corrected chi connectivity index (χ3v) is 4.48. The molecule has 0 fully saturated rings. The lowest BCUT2D eigenvalue weighted by Crippen LogP contribution is -2.00. The Kier molecular flexibility index (Phi) is 3.34. The summed E-state index contributed by atoms with van der Waals surface area (Å²) in [6, 6.07) is 15.9. The van der Waals surface area contributed by atoms with Crippen LogP contribution in [0.2, 0.25) is 0 Å². The van der Waals surface area contributed by atoms with E-state index in [1.54, 1.807) is 6.92 Å². The summed E-state index contributed by atoms with van der Waals surface area (Å²) < 4.78 is 0. The Hall–Kier alpha value is -2.68. The summed E-state index contributed by atoms with van der Waals surface area (Å²) in [7, 11) is 0. The monoisotopic (exact) mass is 302 g/mol. The number of hydrogen-bond donors (Lipinski definition) is 1. The maximum Gasteiger partial charge on any atom is 0.159 e. The highest BCUT2D eigenvalue weighted by atomic mass is 16.1. The van der Waals surface area contributed by atoms with Crippen molar-refractivity contribution in [2.45, 2.75) is 26.2 Å². The summed E-state index contributed by atoms with van der Waals surface area (Å²) in [6.07, 6.45) is 3.29. The van der Waals surface area contributed by atoms with Crippen molar-refractivity contribution in [1.82, 2.24) is 4.98 Å². The minimum atomic E-state index is 0.0896. The standard InChI is InChI=1S/C20H18N2O/c1-13(23)14-9-11-15(12-10-14)21-20-16-5-2-3-7-18(16)22-19-8-4-6-17(19)20/h2-3,5,7,9-12H,4,6,8H2,1H3,(H,21,22). The van der Waals surface area contributed by atoms with Crippen molar-refractivity contribution in [2.24, 2.45) is 0 Å². The molecule has 0 atom stereocenters. The molecule has 3 aromatic rings. The predicted octanol–water partition coefficient (Wildman–Crippen LogP) is 4.67. The summed E-state index contributed by atoms with van der Waals surface area (Å²) in [5.41, 5.74) is 6.49. The summed E-state index contributed by atoms with van der Waals surface area (Å²) in [4.78, 5) is 16.2. The number of fused-ring (bicyclic) bond motifs is 2. The van der Waals surface area contributed by atoms with Crippen molar-refractivity contribution in [3.8, 4) is 0 Å². The topological polar surface area (TPSA) is 42.0 Å². The van der Waals surface area contributed by atoms with E-state index in [1.165, 1.54) is 16.9 Å². The lowest BCUT2D eigenvalue weighted by Gasteiger charge is -2.15. The molecule has 1 aliphatic carbocycles. The molecule has 3 heteroatoms. The highest BCUT2D eigenvalue weighted by Crippen LogP contribution is 2.35. The van der Waals surface area contributed by atoms with Gasteiger partial charge in [-0.15, -0.1) is 0 Å². The molecule has 4 rings (SSSR count). The summed E-state index contributed by atoms with van der Waals surface area (Å²) in [6.45, 7) is 1.59. The second-order valence-corrected chi connectivity index (χ2v) is 6.04. The zero-order valence-corrected chi connectivity index (χ0v) is 13.1. The highest BCUT2D eigenvalue weighted by molar-refractivity contribution is 5.96. The fourth-order valence-electron chi connectivity index (χ4n) is 3.29. The Bertz CT molecular complexity index is 897. The fourth-order valence-corrected chi connectivity index (χ4v) is 3.29. The molecular formula is C20H18N2O. The average Bonchev–Trinajstić information content (AvgIpc) is 3.03. The number of carbonyl (C=O) groups excluding carboxylic acids is 1. The average molecular weight is 302 g/mol. The van der Waals surface area contributed by atoms with Gasteiger partial charge in [-0.25, -0.2) is 0 Å².